The van der Waals surface area contributed by atoms with Crippen LogP contribution in [-0.2, 0) is 11.3 Å². The number of aromatic nitrogens is 2. The second kappa shape index (κ2) is 6.13. The van der Waals surface area contributed by atoms with E-state index in [0.717, 1.165) is 0 Å². The van der Waals surface area contributed by atoms with Crippen molar-refractivity contribution >= 4 is 34.8 Å². The van der Waals surface area contributed by atoms with Crippen molar-refractivity contribution in [2.24, 2.45) is 0 Å². The highest BCUT2D eigenvalue weighted by molar-refractivity contribution is 6.40. The van der Waals surface area contributed by atoms with Gasteiger partial charge in [0.25, 0.3) is 0 Å². The summed E-state index contributed by atoms with van der Waals surface area (Å²) in [5, 5.41) is 3.26. The van der Waals surface area contributed by atoms with Crippen molar-refractivity contribution in [1.29, 1.82) is 0 Å². The van der Waals surface area contributed by atoms with Crippen molar-refractivity contribution in [3.8, 4) is 0 Å². The lowest BCUT2D eigenvalue weighted by molar-refractivity contribution is -0.170. The maximum Gasteiger partial charge on any atom is 0.471 e. The lowest BCUT2D eigenvalue weighted by Gasteiger charge is -2.24. The number of hydrogen-bond acceptors (Lipinski definition) is 4. The van der Waals surface area contributed by atoms with Crippen LogP contribution in [0.1, 0.15) is 11.7 Å². The van der Waals surface area contributed by atoms with Gasteiger partial charge in [0.15, 0.2) is 5.82 Å². The van der Waals surface area contributed by atoms with Crippen molar-refractivity contribution in [2.75, 3.05) is 4.90 Å². The number of aryl methyl sites for hydroxylation is 1. The molecule has 0 saturated heterocycles. The lowest BCUT2D eigenvalue weighted by atomic mass is 10.2. The topological polar surface area (TPSA) is 59.2 Å². The van der Waals surface area contributed by atoms with Gasteiger partial charge in [-0.1, -0.05) is 34.4 Å². The molecule has 22 heavy (non-hydrogen) atoms. The van der Waals surface area contributed by atoms with Crippen LogP contribution in [-0.4, -0.2) is 22.2 Å². The molecule has 0 spiro atoms. The van der Waals surface area contributed by atoms with Crippen LogP contribution in [0.25, 0.3) is 0 Å². The van der Waals surface area contributed by atoms with Gasteiger partial charge in [-0.15, -0.1) is 0 Å². The van der Waals surface area contributed by atoms with Crippen molar-refractivity contribution in [2.45, 2.75) is 19.6 Å². The summed E-state index contributed by atoms with van der Waals surface area (Å²) in [6.45, 7) is 0.883. The Morgan fingerprint density at radius 3 is 2.36 bits per heavy atom. The van der Waals surface area contributed by atoms with Crippen molar-refractivity contribution in [1.82, 2.24) is 10.1 Å². The molecule has 0 aliphatic heterocycles. The van der Waals surface area contributed by atoms with Gasteiger partial charge in [0.05, 0.1) is 22.3 Å². The number of rotatable bonds is 3. The maximum atomic E-state index is 12.8. The van der Waals surface area contributed by atoms with Crippen molar-refractivity contribution < 1.29 is 22.5 Å². The fourth-order valence-electron chi connectivity index (χ4n) is 1.70. The van der Waals surface area contributed by atoms with E-state index in [-0.39, 0.29) is 27.4 Å². The lowest BCUT2D eigenvalue weighted by Crippen LogP contribution is -2.41. The van der Waals surface area contributed by atoms with E-state index in [2.05, 4.69) is 14.7 Å². The fourth-order valence-corrected chi connectivity index (χ4v) is 2.30. The minimum absolute atomic E-state index is 0.105. The molecule has 0 N–H and O–H groups in total. The Labute approximate surface area is 132 Å². The Balaban J connectivity index is 2.48. The van der Waals surface area contributed by atoms with E-state index in [4.69, 9.17) is 23.2 Å². The number of amides is 1. The molecule has 118 valence electrons. The van der Waals surface area contributed by atoms with Gasteiger partial charge in [-0.3, -0.25) is 9.69 Å². The monoisotopic (exact) mass is 353 g/mol. The van der Waals surface area contributed by atoms with Crippen LogP contribution in [0, 0.1) is 6.92 Å². The number of nitrogens with zero attached hydrogens (tertiary/aromatic N) is 3. The van der Waals surface area contributed by atoms with Gasteiger partial charge in [0.2, 0.25) is 5.89 Å². The SMILES string of the molecule is Cc1nc(CN(C(=O)C(F)(F)F)c2c(Cl)cccc2Cl)no1. The first kappa shape index (κ1) is 16.6. The zero-order valence-electron chi connectivity index (χ0n) is 11.0. The molecule has 2 aromatic rings. The third-order valence-corrected chi connectivity index (χ3v) is 3.17. The largest absolute Gasteiger partial charge is 0.471 e. The van der Waals surface area contributed by atoms with E-state index in [9.17, 15) is 18.0 Å². The summed E-state index contributed by atoms with van der Waals surface area (Å²) < 4.78 is 43.1. The summed E-state index contributed by atoms with van der Waals surface area (Å²) in [7, 11) is 0. The zero-order chi connectivity index (χ0) is 16.5. The second-order valence-corrected chi connectivity index (χ2v) is 5.00. The molecule has 0 aliphatic rings. The number of carbonyl (C=O) groups is 1. The Morgan fingerprint density at radius 1 is 1.32 bits per heavy atom. The number of halogens is 5. The highest BCUT2D eigenvalue weighted by atomic mass is 35.5. The van der Waals surface area contributed by atoms with E-state index in [0.29, 0.717) is 4.90 Å². The molecule has 0 unspecified atom stereocenters. The molecule has 0 saturated carbocycles. The van der Waals surface area contributed by atoms with Crippen molar-refractivity contribution in [3.63, 3.8) is 0 Å². The van der Waals surface area contributed by atoms with Gasteiger partial charge in [0.1, 0.15) is 0 Å². The van der Waals surface area contributed by atoms with Gasteiger partial charge in [0, 0.05) is 6.92 Å². The van der Waals surface area contributed by atoms with E-state index in [1.165, 1.54) is 25.1 Å². The molecule has 0 bridgehead atoms. The van der Waals surface area contributed by atoms with Crippen LogP contribution in [0.4, 0.5) is 18.9 Å². The Bertz CT molecular complexity index is 683. The van der Waals surface area contributed by atoms with Crippen LogP contribution < -0.4 is 4.90 Å². The molecule has 5 nitrogen and oxygen atoms in total. The number of hydrogen-bond donors (Lipinski definition) is 0. The molecule has 0 radical (unpaired) electrons. The fraction of sp³-hybridized carbons (Fsp3) is 0.250. The smallest absolute Gasteiger partial charge is 0.340 e. The first-order valence-corrected chi connectivity index (χ1v) is 6.57. The normalized spacial score (nSPS) is 11.5. The molecule has 1 aromatic heterocycles. The summed E-state index contributed by atoms with van der Waals surface area (Å²) in [4.78, 5) is 15.8. The minimum Gasteiger partial charge on any atom is -0.340 e. The van der Waals surface area contributed by atoms with E-state index in [1.54, 1.807) is 0 Å². The Morgan fingerprint density at radius 2 is 1.91 bits per heavy atom. The number of carbonyl (C=O) groups excluding carboxylic acids is 1. The summed E-state index contributed by atoms with van der Waals surface area (Å²) in [6, 6.07) is 4.09. The van der Waals surface area contributed by atoms with Gasteiger partial charge >= 0.3 is 12.1 Å². The highest BCUT2D eigenvalue weighted by Crippen LogP contribution is 2.36. The number of alkyl halides is 3. The van der Waals surface area contributed by atoms with Crippen LogP contribution in [0.5, 0.6) is 0 Å². The molecule has 2 rings (SSSR count). The standard InChI is InChI=1S/C12H8Cl2F3N3O2/c1-6-18-9(19-22-6)5-20(11(21)12(15,16)17)10-7(13)3-2-4-8(10)14/h2-4H,5H2,1H3. The first-order chi connectivity index (χ1) is 10.2. The number of para-hydroxylation sites is 1. The molecular formula is C12H8Cl2F3N3O2. The zero-order valence-corrected chi connectivity index (χ0v) is 12.5. The van der Waals surface area contributed by atoms with Crippen LogP contribution in [0.3, 0.4) is 0 Å². The predicted molar refractivity (Wildman–Crippen MR) is 72.7 cm³/mol. The molecule has 1 aromatic carbocycles. The van der Waals surface area contributed by atoms with E-state index < -0.39 is 18.6 Å². The summed E-state index contributed by atoms with van der Waals surface area (Å²) in [5.74, 6) is -2.09. The quantitative estimate of drug-likeness (QED) is 0.842. The average Bonchev–Trinajstić information content (AvgIpc) is 2.81. The summed E-state index contributed by atoms with van der Waals surface area (Å²) in [5.41, 5.74) is -0.268. The summed E-state index contributed by atoms with van der Waals surface area (Å²) >= 11 is 11.8. The molecule has 0 fully saturated rings. The van der Waals surface area contributed by atoms with E-state index in [1.807, 2.05) is 0 Å². The van der Waals surface area contributed by atoms with Crippen LogP contribution in [0.15, 0.2) is 22.7 Å². The third-order valence-electron chi connectivity index (χ3n) is 2.56. The Hall–Kier alpha value is -1.80. The average molecular weight is 354 g/mol. The van der Waals surface area contributed by atoms with Crippen LogP contribution in [0.2, 0.25) is 10.0 Å². The minimum atomic E-state index is -5.11. The van der Waals surface area contributed by atoms with Crippen molar-refractivity contribution in [3.05, 3.63) is 40.0 Å². The third kappa shape index (κ3) is 3.50. The number of anilines is 1. The number of benzene rings is 1. The van der Waals surface area contributed by atoms with Crippen LogP contribution >= 0.6 is 23.2 Å². The highest BCUT2D eigenvalue weighted by Gasteiger charge is 2.44. The predicted octanol–water partition coefficient (Wildman–Crippen LogP) is 3.78. The molecule has 10 heteroatoms. The molecule has 0 aliphatic carbocycles. The van der Waals surface area contributed by atoms with Gasteiger partial charge in [-0.2, -0.15) is 18.2 Å². The van der Waals surface area contributed by atoms with E-state index >= 15 is 0 Å². The first-order valence-electron chi connectivity index (χ1n) is 5.82. The van der Waals surface area contributed by atoms with Gasteiger partial charge in [-0.25, -0.2) is 0 Å². The second-order valence-electron chi connectivity index (χ2n) is 4.19. The maximum absolute atomic E-state index is 12.8. The summed E-state index contributed by atoms with van der Waals surface area (Å²) in [6.07, 6.45) is -5.11. The molecule has 0 atom stereocenters. The van der Waals surface area contributed by atoms with Gasteiger partial charge in [-0.05, 0) is 12.1 Å². The molecule has 1 amide bonds. The molecule has 1 heterocycles. The molecular weight excluding hydrogens is 346 g/mol. The van der Waals surface area contributed by atoms with Gasteiger partial charge < -0.3 is 4.52 Å². The Kier molecular flexibility index (Phi) is 4.62.